The predicted molar refractivity (Wildman–Crippen MR) is 96.9 cm³/mol. The Hall–Kier alpha value is -2.14. The first kappa shape index (κ1) is 18.2. The van der Waals surface area contributed by atoms with Gasteiger partial charge in [0.2, 0.25) is 5.91 Å². The number of rotatable bonds is 7. The normalized spacial score (nSPS) is 12.4. The molecule has 1 heterocycles. The molecule has 0 aliphatic heterocycles. The minimum Gasteiger partial charge on any atom is -0.348 e. The Bertz CT molecular complexity index is 692. The molecule has 1 atom stereocenters. The number of nitrogens with one attached hydrogen (secondary N) is 1. The van der Waals surface area contributed by atoms with Crippen molar-refractivity contribution < 1.29 is 4.79 Å². The number of carbonyl (C=O) groups is 1. The van der Waals surface area contributed by atoms with Crippen LogP contribution in [0.4, 0.5) is 0 Å². The van der Waals surface area contributed by atoms with Gasteiger partial charge in [-0.05, 0) is 45.9 Å². The summed E-state index contributed by atoms with van der Waals surface area (Å²) in [5.41, 5.74) is 3.60. The summed E-state index contributed by atoms with van der Waals surface area (Å²) < 4.78 is 2.09. The van der Waals surface area contributed by atoms with E-state index in [-0.39, 0.29) is 11.9 Å². The van der Waals surface area contributed by atoms with Gasteiger partial charge >= 0.3 is 0 Å². The summed E-state index contributed by atoms with van der Waals surface area (Å²) in [4.78, 5) is 18.5. The van der Waals surface area contributed by atoms with E-state index < -0.39 is 0 Å². The van der Waals surface area contributed by atoms with Gasteiger partial charge in [0.1, 0.15) is 5.82 Å². The second kappa shape index (κ2) is 8.11. The Labute approximate surface area is 144 Å². The van der Waals surface area contributed by atoms with Gasteiger partial charge in [-0.1, -0.05) is 23.8 Å². The molecule has 0 bridgehead atoms. The number of nitrogens with zero attached hydrogens (tertiary/aromatic N) is 3. The fourth-order valence-corrected chi connectivity index (χ4v) is 2.83. The lowest BCUT2D eigenvalue weighted by Gasteiger charge is -2.21. The van der Waals surface area contributed by atoms with Crippen molar-refractivity contribution in [3.63, 3.8) is 0 Å². The Balaban J connectivity index is 1.83. The van der Waals surface area contributed by atoms with Crippen LogP contribution in [0.2, 0.25) is 0 Å². The van der Waals surface area contributed by atoms with Crippen molar-refractivity contribution in [2.45, 2.75) is 40.3 Å². The topological polar surface area (TPSA) is 50.2 Å². The summed E-state index contributed by atoms with van der Waals surface area (Å²) in [6.45, 7) is 10.2. The Morgan fingerprint density at radius 2 is 2.08 bits per heavy atom. The molecular weight excluding hydrogens is 300 g/mol. The maximum Gasteiger partial charge on any atom is 0.234 e. The molecule has 0 saturated heterocycles. The van der Waals surface area contributed by atoms with E-state index in [0.717, 1.165) is 18.9 Å². The van der Waals surface area contributed by atoms with Gasteiger partial charge in [-0.15, -0.1) is 0 Å². The van der Waals surface area contributed by atoms with E-state index in [1.54, 1.807) is 6.20 Å². The molecule has 1 N–H and O–H groups in total. The number of aryl methyl sites for hydroxylation is 3. The van der Waals surface area contributed by atoms with Crippen molar-refractivity contribution in [3.8, 4) is 0 Å². The monoisotopic (exact) mass is 328 g/mol. The van der Waals surface area contributed by atoms with Crippen LogP contribution >= 0.6 is 0 Å². The van der Waals surface area contributed by atoms with E-state index in [4.69, 9.17) is 0 Å². The molecule has 0 fully saturated rings. The number of benzene rings is 1. The number of hydrogen-bond acceptors (Lipinski definition) is 3. The quantitative estimate of drug-likeness (QED) is 0.850. The van der Waals surface area contributed by atoms with Crippen LogP contribution in [0.1, 0.15) is 35.5 Å². The van der Waals surface area contributed by atoms with Gasteiger partial charge in [0.05, 0.1) is 12.6 Å². The lowest BCUT2D eigenvalue weighted by Crippen LogP contribution is -2.37. The summed E-state index contributed by atoms with van der Waals surface area (Å²) >= 11 is 0. The number of carbonyl (C=O) groups excluding carboxylic acids is 1. The van der Waals surface area contributed by atoms with Crippen LogP contribution in [0.15, 0.2) is 30.6 Å². The molecule has 0 saturated carbocycles. The molecule has 1 amide bonds. The van der Waals surface area contributed by atoms with E-state index in [0.29, 0.717) is 6.54 Å². The van der Waals surface area contributed by atoms with Gasteiger partial charge in [0.25, 0.3) is 0 Å². The first-order chi connectivity index (χ1) is 11.4. The second-order valence-electron chi connectivity index (χ2n) is 6.55. The van der Waals surface area contributed by atoms with E-state index in [9.17, 15) is 4.79 Å². The SMILES string of the molecule is Cc1ccc(C)c(C(C)NC(=O)CN(C)CCn2ccnc2C)c1. The minimum absolute atomic E-state index is 0.0155. The van der Waals surface area contributed by atoms with Crippen LogP contribution in [-0.2, 0) is 11.3 Å². The van der Waals surface area contributed by atoms with Gasteiger partial charge in [-0.2, -0.15) is 0 Å². The highest BCUT2D eigenvalue weighted by atomic mass is 16.2. The van der Waals surface area contributed by atoms with Gasteiger partial charge in [0.15, 0.2) is 0 Å². The van der Waals surface area contributed by atoms with Gasteiger partial charge in [-0.25, -0.2) is 4.98 Å². The highest BCUT2D eigenvalue weighted by Crippen LogP contribution is 2.18. The van der Waals surface area contributed by atoms with Crippen molar-refractivity contribution in [2.24, 2.45) is 0 Å². The Morgan fingerprint density at radius 3 is 2.75 bits per heavy atom. The molecule has 1 aromatic carbocycles. The minimum atomic E-state index is 0.0155. The smallest absolute Gasteiger partial charge is 0.234 e. The number of likely N-dealkylation sites (N-methyl/N-ethyl adjacent to an activating group) is 1. The van der Waals surface area contributed by atoms with Crippen LogP contribution in [-0.4, -0.2) is 40.5 Å². The van der Waals surface area contributed by atoms with E-state index in [1.165, 1.54) is 16.7 Å². The molecule has 5 heteroatoms. The summed E-state index contributed by atoms with van der Waals surface area (Å²) in [5, 5.41) is 3.10. The highest BCUT2D eigenvalue weighted by molar-refractivity contribution is 5.78. The van der Waals surface area contributed by atoms with Gasteiger partial charge in [-0.3, -0.25) is 9.69 Å². The van der Waals surface area contributed by atoms with Crippen LogP contribution in [0.5, 0.6) is 0 Å². The zero-order valence-electron chi connectivity index (χ0n) is 15.3. The highest BCUT2D eigenvalue weighted by Gasteiger charge is 2.13. The third-order valence-corrected chi connectivity index (χ3v) is 4.34. The average Bonchev–Trinajstić information content (AvgIpc) is 2.92. The van der Waals surface area contributed by atoms with E-state index in [1.807, 2.05) is 32.0 Å². The lowest BCUT2D eigenvalue weighted by molar-refractivity contribution is -0.122. The van der Waals surface area contributed by atoms with E-state index >= 15 is 0 Å². The number of aromatic nitrogens is 2. The second-order valence-corrected chi connectivity index (χ2v) is 6.55. The molecule has 1 aromatic heterocycles. The average molecular weight is 328 g/mol. The van der Waals surface area contributed by atoms with Gasteiger partial charge in [0, 0.05) is 25.5 Å². The third-order valence-electron chi connectivity index (χ3n) is 4.34. The summed E-state index contributed by atoms with van der Waals surface area (Å²) in [6, 6.07) is 6.36. The van der Waals surface area contributed by atoms with E-state index in [2.05, 4.69) is 46.9 Å². The van der Waals surface area contributed by atoms with Crippen molar-refractivity contribution >= 4 is 5.91 Å². The molecule has 0 aliphatic carbocycles. The van der Waals surface area contributed by atoms with Crippen molar-refractivity contribution in [2.75, 3.05) is 20.1 Å². The first-order valence-electron chi connectivity index (χ1n) is 8.39. The molecular formula is C19H28N4O. The van der Waals surface area contributed by atoms with Crippen molar-refractivity contribution in [1.29, 1.82) is 0 Å². The predicted octanol–water partition coefficient (Wildman–Crippen LogP) is 2.62. The zero-order chi connectivity index (χ0) is 17.7. The number of imidazole rings is 1. The molecule has 0 radical (unpaired) electrons. The summed E-state index contributed by atoms with van der Waals surface area (Å²) in [7, 11) is 1.97. The molecule has 1 unspecified atom stereocenters. The molecule has 2 aromatic rings. The number of amides is 1. The molecule has 0 spiro atoms. The maximum atomic E-state index is 12.3. The molecule has 2 rings (SSSR count). The summed E-state index contributed by atoms with van der Waals surface area (Å²) in [6.07, 6.45) is 3.76. The van der Waals surface area contributed by atoms with Crippen molar-refractivity contribution in [3.05, 3.63) is 53.1 Å². The largest absolute Gasteiger partial charge is 0.348 e. The third kappa shape index (κ3) is 4.93. The molecule has 24 heavy (non-hydrogen) atoms. The number of hydrogen-bond donors (Lipinski definition) is 1. The standard InChI is InChI=1S/C19H28N4O/c1-14-6-7-15(2)18(12-14)16(3)21-19(24)13-22(5)10-11-23-9-8-20-17(23)4/h6-9,12,16H,10-11,13H2,1-5H3,(H,21,24). The fourth-order valence-electron chi connectivity index (χ4n) is 2.83. The molecule has 0 aliphatic rings. The fraction of sp³-hybridized carbons (Fsp3) is 0.474. The first-order valence-corrected chi connectivity index (χ1v) is 8.39. The Morgan fingerprint density at radius 1 is 1.33 bits per heavy atom. The zero-order valence-corrected chi connectivity index (χ0v) is 15.3. The van der Waals surface area contributed by atoms with Gasteiger partial charge < -0.3 is 9.88 Å². The Kier molecular flexibility index (Phi) is 6.15. The van der Waals surface area contributed by atoms with Crippen molar-refractivity contribution in [1.82, 2.24) is 19.8 Å². The molecule has 5 nitrogen and oxygen atoms in total. The van der Waals surface area contributed by atoms with Crippen LogP contribution < -0.4 is 5.32 Å². The van der Waals surface area contributed by atoms with Crippen LogP contribution in [0.3, 0.4) is 0 Å². The lowest BCUT2D eigenvalue weighted by atomic mass is 10.00. The molecule has 130 valence electrons. The summed E-state index contributed by atoms with van der Waals surface area (Å²) in [5.74, 6) is 1.05. The van der Waals surface area contributed by atoms with Crippen LogP contribution in [0.25, 0.3) is 0 Å². The maximum absolute atomic E-state index is 12.3. The van der Waals surface area contributed by atoms with Crippen LogP contribution in [0, 0.1) is 20.8 Å².